The third-order valence-corrected chi connectivity index (χ3v) is 3.63. The van der Waals surface area contributed by atoms with Crippen molar-refractivity contribution in [1.29, 1.82) is 0 Å². The lowest BCUT2D eigenvalue weighted by atomic mass is 10.1. The molecule has 1 atom stereocenters. The van der Waals surface area contributed by atoms with Gasteiger partial charge in [-0.1, -0.05) is 6.07 Å². The molecule has 0 aromatic heterocycles. The third kappa shape index (κ3) is 2.88. The van der Waals surface area contributed by atoms with Crippen molar-refractivity contribution in [3.63, 3.8) is 0 Å². The Hall–Kier alpha value is -0.760. The normalized spacial score (nSPS) is 17.2. The fourth-order valence-corrected chi connectivity index (χ4v) is 2.22. The molecule has 1 unspecified atom stereocenters. The molecule has 0 spiro atoms. The van der Waals surface area contributed by atoms with Gasteiger partial charge in [0.2, 0.25) is 0 Å². The molecule has 0 radical (unpaired) electrons. The van der Waals surface area contributed by atoms with Crippen molar-refractivity contribution in [2.45, 2.75) is 31.1 Å². The van der Waals surface area contributed by atoms with E-state index in [2.05, 4.69) is 0 Å². The SMILES string of the molecule is COc1ccc(CCC(Cl)C2CC2)cc1F. The van der Waals surface area contributed by atoms with E-state index in [1.807, 2.05) is 6.07 Å². The zero-order chi connectivity index (χ0) is 11.5. The average molecular weight is 243 g/mol. The Balaban J connectivity index is 1.91. The predicted molar refractivity (Wildman–Crippen MR) is 63.6 cm³/mol. The summed E-state index contributed by atoms with van der Waals surface area (Å²) in [5.74, 6) is 0.704. The number of halogens is 2. The molecule has 0 N–H and O–H groups in total. The highest BCUT2D eigenvalue weighted by molar-refractivity contribution is 6.20. The van der Waals surface area contributed by atoms with Gasteiger partial charge in [-0.25, -0.2) is 4.39 Å². The highest BCUT2D eigenvalue weighted by Crippen LogP contribution is 2.37. The van der Waals surface area contributed by atoms with E-state index < -0.39 is 0 Å². The molecule has 2 rings (SSSR count). The van der Waals surface area contributed by atoms with Crippen molar-refractivity contribution in [3.8, 4) is 5.75 Å². The summed E-state index contributed by atoms with van der Waals surface area (Å²) in [5.41, 5.74) is 0.990. The van der Waals surface area contributed by atoms with Gasteiger partial charge in [0.15, 0.2) is 11.6 Å². The lowest BCUT2D eigenvalue weighted by molar-refractivity contribution is 0.386. The molecule has 0 bridgehead atoms. The van der Waals surface area contributed by atoms with Crippen LogP contribution < -0.4 is 4.74 Å². The minimum Gasteiger partial charge on any atom is -0.494 e. The molecule has 1 aliphatic carbocycles. The van der Waals surface area contributed by atoms with Crippen LogP contribution in [0.3, 0.4) is 0 Å². The molecule has 1 saturated carbocycles. The molecule has 1 aromatic carbocycles. The van der Waals surface area contributed by atoms with Gasteiger partial charge in [0, 0.05) is 5.38 Å². The zero-order valence-electron chi connectivity index (χ0n) is 9.38. The van der Waals surface area contributed by atoms with Crippen LogP contribution in [-0.2, 0) is 6.42 Å². The van der Waals surface area contributed by atoms with Crippen LogP contribution in [0.25, 0.3) is 0 Å². The largest absolute Gasteiger partial charge is 0.494 e. The summed E-state index contributed by atoms with van der Waals surface area (Å²) < 4.78 is 18.3. The first-order valence-electron chi connectivity index (χ1n) is 5.67. The van der Waals surface area contributed by atoms with Gasteiger partial charge >= 0.3 is 0 Å². The molecule has 3 heteroatoms. The Morgan fingerprint density at radius 1 is 1.50 bits per heavy atom. The molecule has 1 aliphatic rings. The van der Waals surface area contributed by atoms with E-state index in [1.165, 1.54) is 26.0 Å². The Morgan fingerprint density at radius 2 is 2.25 bits per heavy atom. The van der Waals surface area contributed by atoms with Crippen LogP contribution in [0.4, 0.5) is 4.39 Å². The summed E-state index contributed by atoms with van der Waals surface area (Å²) in [6.07, 6.45) is 4.28. The van der Waals surface area contributed by atoms with Gasteiger partial charge in [0.25, 0.3) is 0 Å². The fourth-order valence-electron chi connectivity index (χ4n) is 1.86. The second kappa shape index (κ2) is 5.05. The van der Waals surface area contributed by atoms with Gasteiger partial charge in [-0.2, -0.15) is 0 Å². The van der Waals surface area contributed by atoms with Gasteiger partial charge in [-0.05, 0) is 49.3 Å². The first-order valence-corrected chi connectivity index (χ1v) is 6.11. The number of methoxy groups -OCH3 is 1. The maximum Gasteiger partial charge on any atom is 0.165 e. The monoisotopic (exact) mass is 242 g/mol. The molecule has 0 amide bonds. The topological polar surface area (TPSA) is 9.23 Å². The Morgan fingerprint density at radius 3 is 2.81 bits per heavy atom. The van der Waals surface area contributed by atoms with E-state index in [9.17, 15) is 4.39 Å². The van der Waals surface area contributed by atoms with Gasteiger partial charge in [0.1, 0.15) is 0 Å². The lowest BCUT2D eigenvalue weighted by Gasteiger charge is -2.08. The number of hydrogen-bond donors (Lipinski definition) is 0. The van der Waals surface area contributed by atoms with E-state index in [1.54, 1.807) is 6.07 Å². The van der Waals surface area contributed by atoms with Gasteiger partial charge in [-0.15, -0.1) is 11.6 Å². The minimum absolute atomic E-state index is 0.255. The van der Waals surface area contributed by atoms with Crippen LogP contribution in [0, 0.1) is 11.7 Å². The van der Waals surface area contributed by atoms with E-state index in [4.69, 9.17) is 16.3 Å². The molecule has 1 fully saturated rings. The number of rotatable bonds is 5. The van der Waals surface area contributed by atoms with E-state index in [0.29, 0.717) is 11.7 Å². The number of hydrogen-bond acceptors (Lipinski definition) is 1. The van der Waals surface area contributed by atoms with Crippen molar-refractivity contribution >= 4 is 11.6 Å². The molecular weight excluding hydrogens is 227 g/mol. The number of aryl methyl sites for hydroxylation is 1. The average Bonchev–Trinajstić information content (AvgIpc) is 3.10. The summed E-state index contributed by atoms with van der Waals surface area (Å²) in [6, 6.07) is 5.11. The quantitative estimate of drug-likeness (QED) is 0.714. The predicted octanol–water partition coefficient (Wildman–Crippen LogP) is 3.78. The van der Waals surface area contributed by atoms with Crippen LogP contribution >= 0.6 is 11.6 Å². The van der Waals surface area contributed by atoms with Gasteiger partial charge < -0.3 is 4.74 Å². The summed E-state index contributed by atoms with van der Waals surface area (Å²) in [7, 11) is 1.47. The van der Waals surface area contributed by atoms with Crippen LogP contribution in [0.15, 0.2) is 18.2 Å². The van der Waals surface area contributed by atoms with Crippen LogP contribution in [0.2, 0.25) is 0 Å². The summed E-state index contributed by atoms with van der Waals surface area (Å²) in [4.78, 5) is 0. The highest BCUT2D eigenvalue weighted by Gasteiger charge is 2.29. The van der Waals surface area contributed by atoms with Gasteiger partial charge in [-0.3, -0.25) is 0 Å². The second-order valence-electron chi connectivity index (χ2n) is 4.36. The van der Waals surface area contributed by atoms with E-state index in [0.717, 1.165) is 18.4 Å². The van der Waals surface area contributed by atoms with E-state index >= 15 is 0 Å². The Labute approximate surface area is 101 Å². The lowest BCUT2D eigenvalue weighted by Crippen LogP contribution is -2.03. The molecule has 1 nitrogen and oxygen atoms in total. The number of alkyl halides is 1. The minimum atomic E-state index is -0.294. The van der Waals surface area contributed by atoms with E-state index in [-0.39, 0.29) is 11.2 Å². The Bertz CT molecular complexity index is 363. The summed E-state index contributed by atoms with van der Waals surface area (Å²) >= 11 is 6.21. The third-order valence-electron chi connectivity index (χ3n) is 3.06. The smallest absolute Gasteiger partial charge is 0.165 e. The van der Waals surface area contributed by atoms with Crippen LogP contribution in [0.1, 0.15) is 24.8 Å². The van der Waals surface area contributed by atoms with Crippen molar-refractivity contribution in [1.82, 2.24) is 0 Å². The van der Waals surface area contributed by atoms with Gasteiger partial charge in [0.05, 0.1) is 7.11 Å². The molecule has 1 aromatic rings. The standard InChI is InChI=1S/C13H16ClFO/c1-16-13-7-3-9(8-12(13)15)2-6-11(14)10-4-5-10/h3,7-8,10-11H,2,4-6H2,1H3. The number of benzene rings is 1. The molecule has 0 aliphatic heterocycles. The molecule has 0 saturated heterocycles. The zero-order valence-corrected chi connectivity index (χ0v) is 10.1. The van der Waals surface area contributed by atoms with Crippen LogP contribution in [-0.4, -0.2) is 12.5 Å². The molecule has 0 heterocycles. The number of ether oxygens (including phenoxy) is 1. The van der Waals surface area contributed by atoms with Crippen molar-refractivity contribution in [3.05, 3.63) is 29.6 Å². The van der Waals surface area contributed by atoms with Crippen molar-refractivity contribution in [2.75, 3.05) is 7.11 Å². The van der Waals surface area contributed by atoms with Crippen molar-refractivity contribution < 1.29 is 9.13 Å². The Kier molecular flexibility index (Phi) is 3.70. The second-order valence-corrected chi connectivity index (χ2v) is 4.92. The fraction of sp³-hybridized carbons (Fsp3) is 0.538. The maximum atomic E-state index is 13.4. The molecule has 88 valence electrons. The first kappa shape index (κ1) is 11.7. The molecular formula is C13H16ClFO. The highest BCUT2D eigenvalue weighted by atomic mass is 35.5. The van der Waals surface area contributed by atoms with Crippen molar-refractivity contribution in [2.24, 2.45) is 5.92 Å². The molecule has 16 heavy (non-hydrogen) atoms. The first-order chi connectivity index (χ1) is 7.70. The summed E-state index contributed by atoms with van der Waals surface area (Å²) in [6.45, 7) is 0. The maximum absolute atomic E-state index is 13.4. The van der Waals surface area contributed by atoms with Crippen LogP contribution in [0.5, 0.6) is 5.75 Å². The summed E-state index contributed by atoms with van der Waals surface area (Å²) in [5, 5.41) is 0.255.